The van der Waals surface area contributed by atoms with Crippen molar-refractivity contribution < 1.29 is 9.50 Å². The van der Waals surface area contributed by atoms with Crippen LogP contribution in [0.3, 0.4) is 0 Å². The third-order valence-electron chi connectivity index (χ3n) is 4.00. The normalized spacial score (nSPS) is 23.1. The molecule has 0 aromatic heterocycles. The first kappa shape index (κ1) is 12.4. The van der Waals surface area contributed by atoms with E-state index in [4.69, 9.17) is 0 Å². The SMILES string of the molecule is Cc1cc(C(O)C2CC2c2ccccc2)ccc1F. The van der Waals surface area contributed by atoms with Gasteiger partial charge in [-0.3, -0.25) is 0 Å². The summed E-state index contributed by atoms with van der Waals surface area (Å²) in [6, 6.07) is 15.1. The number of aliphatic hydroxyl groups is 1. The average Bonchev–Trinajstić information content (AvgIpc) is 3.22. The van der Waals surface area contributed by atoms with E-state index in [0.717, 1.165) is 12.0 Å². The molecule has 3 rings (SSSR count). The Morgan fingerprint density at radius 2 is 1.89 bits per heavy atom. The van der Waals surface area contributed by atoms with Crippen LogP contribution in [0, 0.1) is 18.7 Å². The Labute approximate surface area is 112 Å². The zero-order valence-electron chi connectivity index (χ0n) is 10.9. The Kier molecular flexibility index (Phi) is 3.11. The van der Waals surface area contributed by atoms with Crippen molar-refractivity contribution in [3.05, 3.63) is 71.0 Å². The van der Waals surface area contributed by atoms with E-state index in [1.807, 2.05) is 18.2 Å². The number of aliphatic hydroxyl groups excluding tert-OH is 1. The Morgan fingerprint density at radius 3 is 2.58 bits per heavy atom. The lowest BCUT2D eigenvalue weighted by Gasteiger charge is -2.12. The van der Waals surface area contributed by atoms with Crippen LogP contribution in [0.15, 0.2) is 48.5 Å². The molecule has 1 nitrogen and oxygen atoms in total. The molecule has 1 saturated carbocycles. The summed E-state index contributed by atoms with van der Waals surface area (Å²) in [5, 5.41) is 10.4. The van der Waals surface area contributed by atoms with Gasteiger partial charge < -0.3 is 5.11 Å². The van der Waals surface area contributed by atoms with Gasteiger partial charge in [-0.15, -0.1) is 0 Å². The molecular weight excluding hydrogens is 239 g/mol. The minimum atomic E-state index is -0.496. The third-order valence-corrected chi connectivity index (χ3v) is 4.00. The molecule has 1 aliphatic rings. The highest BCUT2D eigenvalue weighted by atomic mass is 19.1. The molecule has 0 spiro atoms. The number of aryl methyl sites for hydroxylation is 1. The van der Waals surface area contributed by atoms with Crippen molar-refractivity contribution in [3.63, 3.8) is 0 Å². The van der Waals surface area contributed by atoms with Gasteiger partial charge in [0.2, 0.25) is 0 Å². The molecular formula is C17H17FO. The van der Waals surface area contributed by atoms with Crippen LogP contribution in [0.5, 0.6) is 0 Å². The second kappa shape index (κ2) is 4.78. The van der Waals surface area contributed by atoms with E-state index in [0.29, 0.717) is 11.5 Å². The lowest BCUT2D eigenvalue weighted by molar-refractivity contribution is 0.151. The summed E-state index contributed by atoms with van der Waals surface area (Å²) < 4.78 is 13.2. The average molecular weight is 256 g/mol. The number of benzene rings is 2. The molecule has 0 radical (unpaired) electrons. The first-order chi connectivity index (χ1) is 9.16. The summed E-state index contributed by atoms with van der Waals surface area (Å²) in [6.07, 6.45) is 0.506. The topological polar surface area (TPSA) is 20.2 Å². The summed E-state index contributed by atoms with van der Waals surface area (Å²) in [7, 11) is 0. The van der Waals surface area contributed by atoms with E-state index in [9.17, 15) is 9.50 Å². The van der Waals surface area contributed by atoms with E-state index in [1.54, 1.807) is 19.1 Å². The van der Waals surface area contributed by atoms with Crippen molar-refractivity contribution >= 4 is 0 Å². The summed E-state index contributed by atoms with van der Waals surface area (Å²) in [5.74, 6) is 0.472. The second-order valence-electron chi connectivity index (χ2n) is 5.37. The fourth-order valence-electron chi connectivity index (χ4n) is 2.75. The minimum absolute atomic E-state index is 0.216. The highest BCUT2D eigenvalue weighted by Gasteiger charge is 2.43. The molecule has 2 heteroatoms. The molecule has 2 aromatic carbocycles. The van der Waals surface area contributed by atoms with Crippen LogP contribution in [0.2, 0.25) is 0 Å². The van der Waals surface area contributed by atoms with Gasteiger partial charge in [0.1, 0.15) is 5.82 Å². The van der Waals surface area contributed by atoms with Gasteiger partial charge in [0.05, 0.1) is 6.10 Å². The predicted octanol–water partition coefficient (Wildman–Crippen LogP) is 3.97. The maximum absolute atomic E-state index is 13.2. The Morgan fingerprint density at radius 1 is 1.16 bits per heavy atom. The van der Waals surface area contributed by atoms with Crippen LogP contribution in [0.4, 0.5) is 4.39 Å². The van der Waals surface area contributed by atoms with Gasteiger partial charge in [0, 0.05) is 0 Å². The number of halogens is 1. The first-order valence-corrected chi connectivity index (χ1v) is 6.66. The third kappa shape index (κ3) is 2.41. The quantitative estimate of drug-likeness (QED) is 0.881. The summed E-state index contributed by atoms with van der Waals surface area (Å²) >= 11 is 0. The molecule has 3 atom stereocenters. The molecule has 0 saturated heterocycles. The predicted molar refractivity (Wildman–Crippen MR) is 73.4 cm³/mol. The standard InChI is InChI=1S/C17H17FO/c1-11-9-13(7-8-16(11)18)17(19)15-10-14(15)12-5-3-2-4-6-12/h2-9,14-15,17,19H,10H2,1H3. The monoisotopic (exact) mass is 256 g/mol. The van der Waals surface area contributed by atoms with Crippen molar-refractivity contribution in [1.29, 1.82) is 0 Å². The van der Waals surface area contributed by atoms with Crippen LogP contribution < -0.4 is 0 Å². The van der Waals surface area contributed by atoms with Gasteiger partial charge in [-0.05, 0) is 47.9 Å². The molecule has 0 bridgehead atoms. The maximum Gasteiger partial charge on any atom is 0.126 e. The lowest BCUT2D eigenvalue weighted by Crippen LogP contribution is -2.02. The van der Waals surface area contributed by atoms with Gasteiger partial charge in [0.25, 0.3) is 0 Å². The minimum Gasteiger partial charge on any atom is -0.388 e. The van der Waals surface area contributed by atoms with Crippen LogP contribution in [-0.2, 0) is 0 Å². The second-order valence-corrected chi connectivity index (χ2v) is 5.37. The Hall–Kier alpha value is -1.67. The largest absolute Gasteiger partial charge is 0.388 e. The van der Waals surface area contributed by atoms with Crippen molar-refractivity contribution in [1.82, 2.24) is 0 Å². The summed E-state index contributed by atoms with van der Waals surface area (Å²) in [6.45, 7) is 1.73. The van der Waals surface area contributed by atoms with E-state index < -0.39 is 6.10 Å². The molecule has 98 valence electrons. The van der Waals surface area contributed by atoms with Gasteiger partial charge >= 0.3 is 0 Å². The Balaban J connectivity index is 1.76. The zero-order valence-corrected chi connectivity index (χ0v) is 10.9. The van der Waals surface area contributed by atoms with Crippen molar-refractivity contribution in [2.75, 3.05) is 0 Å². The van der Waals surface area contributed by atoms with Gasteiger partial charge in [0.15, 0.2) is 0 Å². The first-order valence-electron chi connectivity index (χ1n) is 6.66. The fourth-order valence-corrected chi connectivity index (χ4v) is 2.75. The highest BCUT2D eigenvalue weighted by molar-refractivity contribution is 5.31. The maximum atomic E-state index is 13.2. The number of hydrogen-bond acceptors (Lipinski definition) is 1. The highest BCUT2D eigenvalue weighted by Crippen LogP contribution is 2.54. The van der Waals surface area contributed by atoms with E-state index in [-0.39, 0.29) is 11.7 Å². The Bertz CT molecular complexity index is 579. The molecule has 19 heavy (non-hydrogen) atoms. The zero-order chi connectivity index (χ0) is 13.4. The smallest absolute Gasteiger partial charge is 0.126 e. The van der Waals surface area contributed by atoms with Crippen molar-refractivity contribution in [2.45, 2.75) is 25.4 Å². The molecule has 0 heterocycles. The van der Waals surface area contributed by atoms with Gasteiger partial charge in [-0.1, -0.05) is 42.5 Å². The molecule has 2 aromatic rings. The van der Waals surface area contributed by atoms with E-state index >= 15 is 0 Å². The van der Waals surface area contributed by atoms with Crippen LogP contribution >= 0.6 is 0 Å². The molecule has 1 aliphatic carbocycles. The molecule has 1 N–H and O–H groups in total. The number of rotatable bonds is 3. The van der Waals surface area contributed by atoms with Crippen LogP contribution in [0.25, 0.3) is 0 Å². The van der Waals surface area contributed by atoms with Crippen molar-refractivity contribution in [2.24, 2.45) is 5.92 Å². The van der Waals surface area contributed by atoms with E-state index in [1.165, 1.54) is 11.6 Å². The molecule has 0 amide bonds. The molecule has 0 aliphatic heterocycles. The van der Waals surface area contributed by atoms with E-state index in [2.05, 4.69) is 12.1 Å². The fraction of sp³-hybridized carbons (Fsp3) is 0.294. The molecule has 3 unspecified atom stereocenters. The van der Waals surface area contributed by atoms with Gasteiger partial charge in [-0.2, -0.15) is 0 Å². The van der Waals surface area contributed by atoms with Crippen LogP contribution in [-0.4, -0.2) is 5.11 Å². The van der Waals surface area contributed by atoms with Crippen LogP contribution in [0.1, 0.15) is 35.1 Å². The summed E-state index contributed by atoms with van der Waals surface area (Å²) in [5.41, 5.74) is 2.70. The lowest BCUT2D eigenvalue weighted by atomic mass is 10.00. The van der Waals surface area contributed by atoms with Gasteiger partial charge in [-0.25, -0.2) is 4.39 Å². The number of hydrogen-bond donors (Lipinski definition) is 1. The molecule has 1 fully saturated rings. The van der Waals surface area contributed by atoms with Crippen molar-refractivity contribution in [3.8, 4) is 0 Å². The summed E-state index contributed by atoms with van der Waals surface area (Å²) in [4.78, 5) is 0.